The van der Waals surface area contributed by atoms with E-state index in [1.165, 1.54) is 11.8 Å². The van der Waals surface area contributed by atoms with Crippen molar-refractivity contribution in [2.45, 2.75) is 6.42 Å². The molecule has 1 fully saturated rings. The Kier molecular flexibility index (Phi) is 6.16. The molecule has 1 aliphatic heterocycles. The van der Waals surface area contributed by atoms with E-state index in [0.717, 1.165) is 12.1 Å². The Morgan fingerprint density at radius 3 is 2.48 bits per heavy atom. The zero-order chi connectivity index (χ0) is 21.6. The second kappa shape index (κ2) is 9.34. The van der Waals surface area contributed by atoms with Crippen molar-refractivity contribution in [3.05, 3.63) is 88.4 Å². The average Bonchev–Trinajstić information content (AvgIpc) is 3.34. The van der Waals surface area contributed by atoms with Crippen LogP contribution in [0.2, 0.25) is 0 Å². The van der Waals surface area contributed by atoms with E-state index in [1.807, 2.05) is 36.4 Å². The van der Waals surface area contributed by atoms with Crippen LogP contribution in [0, 0.1) is 10.1 Å². The highest BCUT2D eigenvalue weighted by Gasteiger charge is 2.25. The Bertz CT molecular complexity index is 1030. The molecule has 0 unspecified atom stereocenters. The third-order valence-electron chi connectivity index (χ3n) is 5.41. The molecule has 160 valence electrons. The molecular formula is C23H24N4O4. The molecule has 2 heterocycles. The molecule has 1 aliphatic rings. The highest BCUT2D eigenvalue weighted by atomic mass is 16.6. The minimum atomic E-state index is -0.366. The number of furan rings is 1. The number of anilines is 2. The van der Waals surface area contributed by atoms with Gasteiger partial charge in [-0.2, -0.15) is 0 Å². The first-order valence-corrected chi connectivity index (χ1v) is 10.3. The molecule has 1 aromatic heterocycles. The van der Waals surface area contributed by atoms with Gasteiger partial charge in [0.2, 0.25) is 0 Å². The molecule has 1 N–H and O–H groups in total. The van der Waals surface area contributed by atoms with Gasteiger partial charge >= 0.3 is 0 Å². The molecule has 4 rings (SSSR count). The summed E-state index contributed by atoms with van der Waals surface area (Å²) in [5.41, 5.74) is 2.64. The maximum atomic E-state index is 12.4. The van der Waals surface area contributed by atoms with E-state index >= 15 is 0 Å². The Hall–Kier alpha value is -3.81. The van der Waals surface area contributed by atoms with Crippen molar-refractivity contribution in [1.29, 1.82) is 0 Å². The van der Waals surface area contributed by atoms with Gasteiger partial charge in [-0.15, -0.1) is 0 Å². The number of rotatable bonds is 7. The topological polar surface area (TPSA) is 91.9 Å². The van der Waals surface area contributed by atoms with Crippen LogP contribution in [0.1, 0.15) is 16.1 Å². The minimum absolute atomic E-state index is 0.0587. The lowest BCUT2D eigenvalue weighted by Crippen LogP contribution is -2.48. The van der Waals surface area contributed by atoms with Gasteiger partial charge in [0.05, 0.1) is 11.2 Å². The summed E-state index contributed by atoms with van der Waals surface area (Å²) in [5, 5.41) is 14.7. The average molecular weight is 420 g/mol. The standard InChI is InChI=1S/C23H24N4O4/c28-23(22-7-4-16-31-22)26-14-12-25(13-15-26)19-8-9-21(27(29)30)20(17-19)24-11-10-18-5-2-1-3-6-18/h1-9,16-17,24H,10-15H2. The molecule has 0 bridgehead atoms. The zero-order valence-electron chi connectivity index (χ0n) is 17.1. The second-order valence-electron chi connectivity index (χ2n) is 7.38. The molecular weight excluding hydrogens is 396 g/mol. The summed E-state index contributed by atoms with van der Waals surface area (Å²) in [4.78, 5) is 27.4. The number of nitro benzene ring substituents is 1. The third kappa shape index (κ3) is 4.85. The van der Waals surface area contributed by atoms with Crippen LogP contribution in [-0.4, -0.2) is 48.5 Å². The Morgan fingerprint density at radius 1 is 1.03 bits per heavy atom. The molecule has 1 amide bonds. The predicted octanol–water partition coefficient (Wildman–Crippen LogP) is 3.80. The third-order valence-corrected chi connectivity index (χ3v) is 5.41. The second-order valence-corrected chi connectivity index (χ2v) is 7.38. The molecule has 0 saturated carbocycles. The number of piperazine rings is 1. The van der Waals surface area contributed by atoms with E-state index in [4.69, 9.17) is 4.42 Å². The van der Waals surface area contributed by atoms with Gasteiger partial charge in [-0.05, 0) is 36.2 Å². The van der Waals surface area contributed by atoms with Crippen molar-refractivity contribution in [3.63, 3.8) is 0 Å². The summed E-state index contributed by atoms with van der Waals surface area (Å²) < 4.78 is 5.20. The highest BCUT2D eigenvalue weighted by molar-refractivity contribution is 5.91. The molecule has 31 heavy (non-hydrogen) atoms. The molecule has 0 spiro atoms. The first kappa shape index (κ1) is 20.5. The summed E-state index contributed by atoms with van der Waals surface area (Å²) in [5.74, 6) is 0.227. The Morgan fingerprint density at radius 2 is 1.81 bits per heavy atom. The number of hydrogen-bond acceptors (Lipinski definition) is 6. The molecule has 8 heteroatoms. The van der Waals surface area contributed by atoms with E-state index < -0.39 is 0 Å². The number of amides is 1. The summed E-state index contributed by atoms with van der Waals surface area (Å²) in [6.45, 7) is 3.02. The molecule has 2 aromatic carbocycles. The van der Waals surface area contributed by atoms with Crippen molar-refractivity contribution < 1.29 is 14.1 Å². The zero-order valence-corrected chi connectivity index (χ0v) is 17.1. The lowest BCUT2D eigenvalue weighted by Gasteiger charge is -2.35. The Labute approximate surface area is 180 Å². The first-order chi connectivity index (χ1) is 15.1. The van der Waals surface area contributed by atoms with Crippen molar-refractivity contribution in [2.24, 2.45) is 0 Å². The van der Waals surface area contributed by atoms with Gasteiger partial charge in [-0.3, -0.25) is 14.9 Å². The Balaban J connectivity index is 1.41. The number of carbonyl (C=O) groups excluding carboxylic acids is 1. The maximum absolute atomic E-state index is 12.4. The monoisotopic (exact) mass is 420 g/mol. The van der Waals surface area contributed by atoms with Gasteiger partial charge in [-0.25, -0.2) is 0 Å². The van der Waals surface area contributed by atoms with E-state index in [0.29, 0.717) is 44.2 Å². The van der Waals surface area contributed by atoms with Crippen LogP contribution in [0.5, 0.6) is 0 Å². The predicted molar refractivity (Wildman–Crippen MR) is 119 cm³/mol. The van der Waals surface area contributed by atoms with E-state index in [1.54, 1.807) is 29.2 Å². The number of nitrogens with one attached hydrogen (secondary N) is 1. The fraction of sp³-hybridized carbons (Fsp3) is 0.261. The number of nitro groups is 1. The lowest BCUT2D eigenvalue weighted by atomic mass is 10.1. The molecule has 3 aromatic rings. The summed E-state index contributed by atoms with van der Waals surface area (Å²) >= 11 is 0. The van der Waals surface area contributed by atoms with Crippen LogP contribution < -0.4 is 10.2 Å². The number of nitrogens with zero attached hydrogens (tertiary/aromatic N) is 3. The molecule has 8 nitrogen and oxygen atoms in total. The molecule has 0 atom stereocenters. The van der Waals surface area contributed by atoms with Gasteiger partial charge in [0.1, 0.15) is 5.69 Å². The van der Waals surface area contributed by atoms with Gasteiger partial charge in [0.15, 0.2) is 5.76 Å². The summed E-state index contributed by atoms with van der Waals surface area (Å²) in [6, 6.07) is 18.5. The van der Waals surface area contributed by atoms with E-state index in [-0.39, 0.29) is 16.5 Å². The van der Waals surface area contributed by atoms with Crippen molar-refractivity contribution in [2.75, 3.05) is 42.9 Å². The van der Waals surface area contributed by atoms with Crippen molar-refractivity contribution in [1.82, 2.24) is 4.90 Å². The van der Waals surface area contributed by atoms with E-state index in [9.17, 15) is 14.9 Å². The number of benzene rings is 2. The van der Waals surface area contributed by atoms with Crippen LogP contribution in [0.25, 0.3) is 0 Å². The first-order valence-electron chi connectivity index (χ1n) is 10.3. The largest absolute Gasteiger partial charge is 0.459 e. The van der Waals surface area contributed by atoms with Crippen LogP contribution in [0.4, 0.5) is 17.1 Å². The van der Waals surface area contributed by atoms with Crippen LogP contribution in [-0.2, 0) is 6.42 Å². The quantitative estimate of drug-likeness (QED) is 0.462. The van der Waals surface area contributed by atoms with Gasteiger partial charge < -0.3 is 19.5 Å². The highest BCUT2D eigenvalue weighted by Crippen LogP contribution is 2.30. The fourth-order valence-corrected chi connectivity index (χ4v) is 3.73. The smallest absolute Gasteiger partial charge is 0.292 e. The van der Waals surface area contributed by atoms with Gasteiger partial charge in [0.25, 0.3) is 11.6 Å². The van der Waals surface area contributed by atoms with Crippen LogP contribution in [0.15, 0.2) is 71.3 Å². The number of carbonyl (C=O) groups is 1. The summed E-state index contributed by atoms with van der Waals surface area (Å²) in [7, 11) is 0. The fourth-order valence-electron chi connectivity index (χ4n) is 3.73. The van der Waals surface area contributed by atoms with Gasteiger partial charge in [-0.1, -0.05) is 30.3 Å². The van der Waals surface area contributed by atoms with Crippen molar-refractivity contribution >= 4 is 23.0 Å². The van der Waals surface area contributed by atoms with Crippen molar-refractivity contribution in [3.8, 4) is 0 Å². The molecule has 0 aliphatic carbocycles. The lowest BCUT2D eigenvalue weighted by molar-refractivity contribution is -0.383. The summed E-state index contributed by atoms with van der Waals surface area (Å²) in [6.07, 6.45) is 2.27. The van der Waals surface area contributed by atoms with Crippen LogP contribution in [0.3, 0.4) is 0 Å². The SMILES string of the molecule is O=C(c1ccco1)N1CCN(c2ccc([N+](=O)[O-])c(NCCc3ccccc3)c2)CC1. The van der Waals surface area contributed by atoms with Crippen LogP contribution >= 0.6 is 0 Å². The minimum Gasteiger partial charge on any atom is -0.459 e. The molecule has 1 saturated heterocycles. The normalized spacial score (nSPS) is 13.8. The maximum Gasteiger partial charge on any atom is 0.292 e. The molecule has 0 radical (unpaired) electrons. The van der Waals surface area contributed by atoms with Gasteiger partial charge in [0, 0.05) is 44.5 Å². The van der Waals surface area contributed by atoms with E-state index in [2.05, 4.69) is 10.2 Å². The number of hydrogen-bond donors (Lipinski definition) is 1.